The molecule has 19 heavy (non-hydrogen) atoms. The molecule has 0 saturated carbocycles. The molecule has 2 aliphatic heterocycles. The molecule has 0 atom stereocenters. The summed E-state index contributed by atoms with van der Waals surface area (Å²) in [7, 11) is 0. The van der Waals surface area contributed by atoms with Gasteiger partial charge in [-0.3, -0.25) is 0 Å². The van der Waals surface area contributed by atoms with Crippen molar-refractivity contribution in [2.75, 3.05) is 0 Å². The van der Waals surface area contributed by atoms with E-state index in [0.717, 1.165) is 35.5 Å². The first-order valence-corrected chi connectivity index (χ1v) is 6.96. The Morgan fingerprint density at radius 3 is 2.84 bits per heavy atom. The third kappa shape index (κ3) is 2.07. The monoisotopic (exact) mass is 293 g/mol. The zero-order chi connectivity index (χ0) is 13.6. The fraction of sp³-hybridized carbons (Fsp3) is 0.286. The number of hydrogen-bond acceptors (Lipinski definition) is 3. The van der Waals surface area contributed by atoms with Gasteiger partial charge < -0.3 is 0 Å². The molecule has 0 fully saturated rings. The van der Waals surface area contributed by atoms with Gasteiger partial charge in [0.2, 0.25) is 5.29 Å². The van der Waals surface area contributed by atoms with Gasteiger partial charge in [0.15, 0.2) is 0 Å². The van der Waals surface area contributed by atoms with Crippen LogP contribution < -0.4 is 0 Å². The Balaban J connectivity index is 2.26. The van der Waals surface area contributed by atoms with Crippen molar-refractivity contribution in [1.29, 1.82) is 0 Å². The van der Waals surface area contributed by atoms with Gasteiger partial charge in [-0.25, -0.2) is 10.0 Å². The average molecular weight is 294 g/mol. The molecule has 1 aromatic rings. The molecule has 0 unspecified atom stereocenters. The molecular weight excluding hydrogens is 281 g/mol. The largest absolute Gasteiger partial charge is 0.224 e. The molecule has 0 radical (unpaired) electrons. The minimum Gasteiger partial charge on any atom is -0.218 e. The highest BCUT2D eigenvalue weighted by molar-refractivity contribution is 6.65. The maximum absolute atomic E-state index is 6.25. The Labute approximate surface area is 122 Å². The number of hydrogen-bond donors (Lipinski definition) is 0. The smallest absolute Gasteiger partial charge is 0.218 e. The zero-order valence-corrected chi connectivity index (χ0v) is 12.3. The van der Waals surface area contributed by atoms with Crippen molar-refractivity contribution in [3.8, 4) is 0 Å². The fourth-order valence-electron chi connectivity index (χ4n) is 2.47. The fourth-order valence-corrected chi connectivity index (χ4v) is 2.85. The highest BCUT2D eigenvalue weighted by Gasteiger charge is 2.29. The standard InChI is InChI=1S/C14H13Cl2N3/c1-3-9-6-8(2)18-19-13(9)11-5-4-10(15)7-12(11)17-14(19)16/h4-5,7H,3,6H2,1-2H3. The van der Waals surface area contributed by atoms with Gasteiger partial charge in [-0.1, -0.05) is 18.5 Å². The summed E-state index contributed by atoms with van der Waals surface area (Å²) < 4.78 is 0. The van der Waals surface area contributed by atoms with Crippen molar-refractivity contribution in [1.82, 2.24) is 5.01 Å². The lowest BCUT2D eigenvalue weighted by Gasteiger charge is -2.32. The second-order valence-electron chi connectivity index (χ2n) is 4.67. The number of fused-ring (bicyclic) bond motifs is 3. The quantitative estimate of drug-likeness (QED) is 0.685. The first-order valence-electron chi connectivity index (χ1n) is 6.20. The second kappa shape index (κ2) is 4.66. The Hall–Kier alpha value is -1.32. The van der Waals surface area contributed by atoms with Crippen LogP contribution in [0.2, 0.25) is 5.02 Å². The molecule has 98 valence electrons. The number of rotatable bonds is 1. The number of halogens is 2. The molecule has 0 spiro atoms. The van der Waals surface area contributed by atoms with E-state index >= 15 is 0 Å². The first-order chi connectivity index (χ1) is 9.10. The van der Waals surface area contributed by atoms with E-state index in [1.807, 2.05) is 25.1 Å². The number of nitrogens with zero attached hydrogens (tertiary/aromatic N) is 3. The molecule has 3 nitrogen and oxygen atoms in total. The zero-order valence-electron chi connectivity index (χ0n) is 10.7. The van der Waals surface area contributed by atoms with Gasteiger partial charge in [0.1, 0.15) is 0 Å². The topological polar surface area (TPSA) is 28.0 Å². The lowest BCUT2D eigenvalue weighted by molar-refractivity contribution is 0.610. The van der Waals surface area contributed by atoms with Gasteiger partial charge in [-0.05, 0) is 48.7 Å². The highest BCUT2D eigenvalue weighted by atomic mass is 35.5. The highest BCUT2D eigenvalue weighted by Crippen LogP contribution is 2.41. The van der Waals surface area contributed by atoms with E-state index in [0.29, 0.717) is 10.3 Å². The van der Waals surface area contributed by atoms with E-state index in [-0.39, 0.29) is 0 Å². The van der Waals surface area contributed by atoms with E-state index in [4.69, 9.17) is 23.2 Å². The number of amidine groups is 1. The van der Waals surface area contributed by atoms with Crippen molar-refractivity contribution in [3.63, 3.8) is 0 Å². The van der Waals surface area contributed by atoms with Gasteiger partial charge in [-0.15, -0.1) is 0 Å². The van der Waals surface area contributed by atoms with Gasteiger partial charge in [0, 0.05) is 22.7 Å². The van der Waals surface area contributed by atoms with Crippen LogP contribution in [0.1, 0.15) is 32.3 Å². The Bertz CT molecular complexity index is 644. The van der Waals surface area contributed by atoms with Crippen LogP contribution in [-0.4, -0.2) is 16.0 Å². The molecule has 0 N–H and O–H groups in total. The molecular formula is C14H13Cl2N3. The Morgan fingerprint density at radius 1 is 1.32 bits per heavy atom. The number of hydrazone groups is 1. The van der Waals surface area contributed by atoms with E-state index in [2.05, 4.69) is 17.0 Å². The van der Waals surface area contributed by atoms with Crippen molar-refractivity contribution >= 4 is 45.6 Å². The summed E-state index contributed by atoms with van der Waals surface area (Å²) in [6, 6.07) is 5.69. The van der Waals surface area contributed by atoms with Crippen LogP contribution >= 0.6 is 23.2 Å². The van der Waals surface area contributed by atoms with E-state index in [9.17, 15) is 0 Å². The van der Waals surface area contributed by atoms with Crippen molar-refractivity contribution in [2.45, 2.75) is 26.7 Å². The minimum atomic E-state index is 0.370. The summed E-state index contributed by atoms with van der Waals surface area (Å²) in [6.07, 6.45) is 1.85. The Kier molecular flexibility index (Phi) is 3.11. The molecule has 2 aliphatic rings. The van der Waals surface area contributed by atoms with Crippen molar-refractivity contribution < 1.29 is 0 Å². The van der Waals surface area contributed by atoms with Crippen molar-refractivity contribution in [2.24, 2.45) is 10.1 Å². The predicted octanol–water partition coefficient (Wildman–Crippen LogP) is 4.78. The summed E-state index contributed by atoms with van der Waals surface area (Å²) in [5.41, 5.74) is 5.28. The van der Waals surface area contributed by atoms with Crippen LogP contribution in [0.25, 0.3) is 5.70 Å². The van der Waals surface area contributed by atoms with E-state index in [1.54, 1.807) is 5.01 Å². The lowest BCUT2D eigenvalue weighted by Crippen LogP contribution is -2.28. The lowest BCUT2D eigenvalue weighted by atomic mass is 9.96. The predicted molar refractivity (Wildman–Crippen MR) is 81.2 cm³/mol. The summed E-state index contributed by atoms with van der Waals surface area (Å²) in [4.78, 5) is 4.38. The van der Waals surface area contributed by atoms with Crippen LogP contribution in [0.4, 0.5) is 5.69 Å². The first kappa shape index (κ1) is 12.7. The maximum atomic E-state index is 6.25. The van der Waals surface area contributed by atoms with Crippen molar-refractivity contribution in [3.05, 3.63) is 34.4 Å². The number of allylic oxidation sites excluding steroid dienone is 1. The number of benzene rings is 1. The third-order valence-corrected chi connectivity index (χ3v) is 3.80. The average Bonchev–Trinajstić information content (AvgIpc) is 2.38. The molecule has 2 heterocycles. The van der Waals surface area contributed by atoms with Gasteiger partial charge in [0.05, 0.1) is 11.4 Å². The molecule has 0 amide bonds. The van der Waals surface area contributed by atoms with Crippen LogP contribution in [-0.2, 0) is 0 Å². The van der Waals surface area contributed by atoms with Crippen LogP contribution in [0.5, 0.6) is 0 Å². The third-order valence-electron chi connectivity index (χ3n) is 3.32. The van der Waals surface area contributed by atoms with Gasteiger partial charge >= 0.3 is 0 Å². The van der Waals surface area contributed by atoms with Gasteiger partial charge in [-0.2, -0.15) is 5.10 Å². The number of aliphatic imine (C=N–C) groups is 1. The minimum absolute atomic E-state index is 0.370. The molecule has 0 bridgehead atoms. The summed E-state index contributed by atoms with van der Waals surface area (Å²) in [6.45, 7) is 4.16. The van der Waals surface area contributed by atoms with Crippen LogP contribution in [0, 0.1) is 0 Å². The molecule has 3 rings (SSSR count). The molecule has 1 aromatic carbocycles. The molecule has 5 heteroatoms. The molecule has 0 aromatic heterocycles. The Morgan fingerprint density at radius 2 is 2.11 bits per heavy atom. The summed E-state index contributed by atoms with van der Waals surface area (Å²) >= 11 is 12.3. The normalized spacial score (nSPS) is 17.8. The summed E-state index contributed by atoms with van der Waals surface area (Å²) in [5.74, 6) is 0. The maximum Gasteiger partial charge on any atom is 0.224 e. The molecule has 0 aliphatic carbocycles. The summed E-state index contributed by atoms with van der Waals surface area (Å²) in [5, 5.41) is 7.26. The van der Waals surface area contributed by atoms with Crippen LogP contribution in [0.15, 0.2) is 33.9 Å². The van der Waals surface area contributed by atoms with E-state index < -0.39 is 0 Å². The second-order valence-corrected chi connectivity index (χ2v) is 5.45. The SMILES string of the molecule is CCC1=C2c3ccc(Cl)cc3N=C(Cl)N2N=C(C)C1. The molecule has 0 saturated heterocycles. The van der Waals surface area contributed by atoms with Gasteiger partial charge in [0.25, 0.3) is 0 Å². The van der Waals surface area contributed by atoms with E-state index in [1.165, 1.54) is 5.57 Å². The van der Waals surface area contributed by atoms with Crippen LogP contribution in [0.3, 0.4) is 0 Å².